The van der Waals surface area contributed by atoms with E-state index in [1.165, 1.54) is 0 Å². The zero-order valence-corrected chi connectivity index (χ0v) is 20.0. The molecule has 0 aliphatic carbocycles. The monoisotopic (exact) mass is 503 g/mol. The lowest BCUT2D eigenvalue weighted by atomic mass is 10.1. The van der Waals surface area contributed by atoms with Gasteiger partial charge in [0.15, 0.2) is 18.1 Å². The van der Waals surface area contributed by atoms with Gasteiger partial charge in [0.1, 0.15) is 16.4 Å². The normalized spacial score (nSPS) is 15.6. The second kappa shape index (κ2) is 11.6. The Bertz CT molecular complexity index is 1180. The van der Waals surface area contributed by atoms with Crippen molar-refractivity contribution < 1.29 is 34.0 Å². The zero-order valence-electron chi connectivity index (χ0n) is 18.4. The third kappa shape index (κ3) is 6.12. The fourth-order valence-corrected chi connectivity index (χ4v) is 4.28. The molecular weight excluding hydrogens is 482 g/mol. The van der Waals surface area contributed by atoms with Crippen LogP contribution in [-0.2, 0) is 14.3 Å². The average molecular weight is 504 g/mol. The average Bonchev–Trinajstić information content (AvgIpc) is 3.08. The van der Waals surface area contributed by atoms with Crippen molar-refractivity contribution in [2.45, 2.75) is 13.8 Å². The van der Waals surface area contributed by atoms with Gasteiger partial charge in [-0.25, -0.2) is 14.6 Å². The van der Waals surface area contributed by atoms with Crippen molar-refractivity contribution in [1.82, 2.24) is 0 Å². The second-order valence-corrected chi connectivity index (χ2v) is 8.19. The van der Waals surface area contributed by atoms with Crippen LogP contribution in [0, 0.1) is 0 Å². The number of thioether (sulfide) groups is 1. The largest absolute Gasteiger partial charge is 0.506 e. The van der Waals surface area contributed by atoms with Crippen LogP contribution >= 0.6 is 23.4 Å². The maximum absolute atomic E-state index is 12.6. The van der Waals surface area contributed by atoms with E-state index in [0.717, 1.165) is 11.8 Å². The van der Waals surface area contributed by atoms with Gasteiger partial charge in [0.25, 0.3) is 0 Å². The third-order valence-electron chi connectivity index (χ3n) is 4.33. The van der Waals surface area contributed by atoms with Gasteiger partial charge >= 0.3 is 11.9 Å². The highest BCUT2D eigenvalue weighted by molar-refractivity contribution is 8.18. The smallest absolute Gasteiger partial charge is 0.344 e. The molecule has 2 aromatic rings. The highest BCUT2D eigenvalue weighted by Crippen LogP contribution is 2.42. The van der Waals surface area contributed by atoms with E-state index in [9.17, 15) is 14.7 Å². The predicted octanol–water partition coefficient (Wildman–Crippen LogP) is 5.40. The lowest BCUT2D eigenvalue weighted by Crippen LogP contribution is -2.12. The molecule has 0 radical (unpaired) electrons. The standard InChI is InChI=1S/C24H22ClNO7S/c1-3-31-17-11-14(10-16(25)22(17)33-13-19(27)28)12-18-21(29)20(24(30)32-4-2)23(34-18)26-15-8-6-5-7-9-15/h5-12,29H,3-4,13H2,1-2H3,(H,27,28)/b18-12-,26-23?. The number of aliphatic hydroxyl groups is 1. The molecule has 34 heavy (non-hydrogen) atoms. The van der Waals surface area contributed by atoms with Crippen LogP contribution in [0.4, 0.5) is 5.69 Å². The quantitative estimate of drug-likeness (QED) is 0.437. The lowest BCUT2D eigenvalue weighted by molar-refractivity contribution is -0.139. The Morgan fingerprint density at radius 2 is 1.85 bits per heavy atom. The number of aliphatic hydroxyl groups excluding tert-OH is 1. The van der Waals surface area contributed by atoms with E-state index in [1.807, 2.05) is 18.2 Å². The number of carboxylic acid groups (broad SMARTS) is 1. The maximum atomic E-state index is 12.6. The van der Waals surface area contributed by atoms with Gasteiger partial charge in [-0.15, -0.1) is 0 Å². The summed E-state index contributed by atoms with van der Waals surface area (Å²) in [6.07, 6.45) is 1.61. The molecular formula is C24H22ClNO7S. The van der Waals surface area contributed by atoms with Crippen molar-refractivity contribution in [2.24, 2.45) is 4.99 Å². The zero-order chi connectivity index (χ0) is 24.7. The molecule has 0 aromatic heterocycles. The molecule has 0 fully saturated rings. The second-order valence-electron chi connectivity index (χ2n) is 6.75. The summed E-state index contributed by atoms with van der Waals surface area (Å²) in [4.78, 5) is 28.3. The number of carbonyl (C=O) groups is 2. The number of hydrogen-bond acceptors (Lipinski definition) is 8. The van der Waals surface area contributed by atoms with E-state index in [2.05, 4.69) is 4.99 Å². The van der Waals surface area contributed by atoms with Gasteiger partial charge in [-0.1, -0.05) is 41.6 Å². The van der Waals surface area contributed by atoms with Gasteiger partial charge in [-0.05, 0) is 49.8 Å². The number of halogens is 1. The minimum Gasteiger partial charge on any atom is -0.506 e. The van der Waals surface area contributed by atoms with Gasteiger partial charge < -0.3 is 24.4 Å². The summed E-state index contributed by atoms with van der Waals surface area (Å²) in [5.74, 6) is -1.75. The minimum atomic E-state index is -1.15. The fraction of sp³-hybridized carbons (Fsp3) is 0.208. The van der Waals surface area contributed by atoms with E-state index in [-0.39, 0.29) is 34.5 Å². The van der Waals surface area contributed by atoms with E-state index in [0.29, 0.717) is 27.8 Å². The predicted molar refractivity (Wildman–Crippen MR) is 131 cm³/mol. The minimum absolute atomic E-state index is 0.0282. The molecule has 0 unspecified atom stereocenters. The van der Waals surface area contributed by atoms with Crippen LogP contribution in [0.25, 0.3) is 6.08 Å². The molecule has 0 saturated carbocycles. The van der Waals surface area contributed by atoms with Gasteiger partial charge in [0, 0.05) is 0 Å². The van der Waals surface area contributed by atoms with Crippen molar-refractivity contribution in [3.63, 3.8) is 0 Å². The van der Waals surface area contributed by atoms with Gasteiger partial charge in [-0.2, -0.15) is 0 Å². The molecule has 2 aromatic carbocycles. The molecule has 0 spiro atoms. The van der Waals surface area contributed by atoms with Crippen LogP contribution in [0.1, 0.15) is 19.4 Å². The fourth-order valence-electron chi connectivity index (χ4n) is 2.97. The van der Waals surface area contributed by atoms with E-state index >= 15 is 0 Å². The van der Waals surface area contributed by atoms with Crippen LogP contribution in [0.15, 0.2) is 63.7 Å². The summed E-state index contributed by atoms with van der Waals surface area (Å²) < 4.78 is 15.9. The van der Waals surface area contributed by atoms with Crippen LogP contribution in [-0.4, -0.2) is 47.0 Å². The molecule has 8 nitrogen and oxygen atoms in total. The first-order valence-electron chi connectivity index (χ1n) is 10.3. The molecule has 1 heterocycles. The Morgan fingerprint density at radius 3 is 2.50 bits per heavy atom. The first-order chi connectivity index (χ1) is 16.3. The van der Waals surface area contributed by atoms with Gasteiger partial charge in [0.05, 0.1) is 28.8 Å². The molecule has 0 saturated heterocycles. The molecule has 3 rings (SSSR count). The summed E-state index contributed by atoms with van der Waals surface area (Å²) in [5, 5.41) is 20.2. The first kappa shape index (κ1) is 25.2. The number of carboxylic acids is 1. The Balaban J connectivity index is 2.03. The number of nitrogens with zero attached hydrogens (tertiary/aromatic N) is 1. The molecule has 0 bridgehead atoms. The summed E-state index contributed by atoms with van der Waals surface area (Å²) in [5.41, 5.74) is 1.12. The number of aliphatic carboxylic acids is 1. The van der Waals surface area contributed by atoms with E-state index < -0.39 is 18.5 Å². The molecule has 2 N–H and O–H groups in total. The van der Waals surface area contributed by atoms with Crippen LogP contribution < -0.4 is 9.47 Å². The van der Waals surface area contributed by atoms with Crippen molar-refractivity contribution >= 4 is 52.1 Å². The number of esters is 1. The Kier molecular flexibility index (Phi) is 8.61. The van der Waals surface area contributed by atoms with Crippen molar-refractivity contribution in [1.29, 1.82) is 0 Å². The van der Waals surface area contributed by atoms with Crippen molar-refractivity contribution in [3.05, 3.63) is 69.3 Å². The number of benzene rings is 2. The van der Waals surface area contributed by atoms with Crippen LogP contribution in [0.2, 0.25) is 5.02 Å². The highest BCUT2D eigenvalue weighted by Gasteiger charge is 2.33. The van der Waals surface area contributed by atoms with Crippen LogP contribution in [0.5, 0.6) is 11.5 Å². The molecule has 0 atom stereocenters. The topological polar surface area (TPSA) is 115 Å². The molecule has 10 heteroatoms. The number of hydrogen-bond donors (Lipinski definition) is 2. The third-order valence-corrected chi connectivity index (χ3v) is 5.63. The number of para-hydroxylation sites is 1. The highest BCUT2D eigenvalue weighted by atomic mass is 35.5. The summed E-state index contributed by atoms with van der Waals surface area (Å²) in [7, 11) is 0. The molecule has 1 aliphatic heterocycles. The Morgan fingerprint density at radius 1 is 1.12 bits per heavy atom. The number of carbonyl (C=O) groups excluding carboxylic acids is 1. The van der Waals surface area contributed by atoms with E-state index in [4.69, 9.17) is 30.9 Å². The van der Waals surface area contributed by atoms with E-state index in [1.54, 1.807) is 44.2 Å². The summed E-state index contributed by atoms with van der Waals surface area (Å²) >= 11 is 7.43. The van der Waals surface area contributed by atoms with Gasteiger partial charge in [0.2, 0.25) is 0 Å². The summed E-state index contributed by atoms with van der Waals surface area (Å²) in [6, 6.07) is 12.2. The van der Waals surface area contributed by atoms with Crippen LogP contribution in [0.3, 0.4) is 0 Å². The first-order valence-corrected chi connectivity index (χ1v) is 11.5. The number of aliphatic imine (C=N–C) groups is 1. The maximum Gasteiger partial charge on any atom is 0.344 e. The summed E-state index contributed by atoms with van der Waals surface area (Å²) in [6.45, 7) is 3.29. The lowest BCUT2D eigenvalue weighted by Gasteiger charge is -2.13. The molecule has 1 aliphatic rings. The van der Waals surface area contributed by atoms with Gasteiger partial charge in [-0.3, -0.25) is 0 Å². The van der Waals surface area contributed by atoms with Crippen molar-refractivity contribution in [2.75, 3.05) is 19.8 Å². The molecule has 178 valence electrons. The van der Waals surface area contributed by atoms with Crippen molar-refractivity contribution in [3.8, 4) is 11.5 Å². The SMILES string of the molecule is CCOC(=O)C1=C(O)/C(=C/c2cc(Cl)c(OCC(=O)O)c(OCC)c2)SC1=Nc1ccccc1. The number of rotatable bonds is 9. The number of ether oxygens (including phenoxy) is 3. The molecule has 0 amide bonds. The Hall–Kier alpha value is -3.43. The Labute approximate surface area is 205 Å².